The second kappa shape index (κ2) is 48.7. The van der Waals surface area contributed by atoms with Gasteiger partial charge in [-0.15, -0.1) is 11.8 Å². The van der Waals surface area contributed by atoms with Crippen LogP contribution in [0.25, 0.3) is 21.8 Å². The molecule has 5 aromatic rings. The molecule has 129 heavy (non-hydrogen) atoms. The fraction of sp³-hybridized carbons (Fsp3) is 0.552. The lowest BCUT2D eigenvalue weighted by atomic mass is 10.00. The van der Waals surface area contributed by atoms with Crippen LogP contribution in [0.15, 0.2) is 85.2 Å². The molecule has 8 rings (SSSR count). The van der Waals surface area contributed by atoms with Gasteiger partial charge in [0.2, 0.25) is 88.6 Å². The number of hydrogen-bond donors (Lipinski definition) is 20. The van der Waals surface area contributed by atoms with E-state index in [9.17, 15) is 63.6 Å². The standard InChI is InChI=1S/C87H125N21O20S/c1-10-12-25-67-79(121)97-59(24-18-32-91-87(89)90)76(118)103-66(75(117)94-42-72(113)114)45-129-46-71(112)96-62(35-50-28-30-53(110)31-29-50)82(124)104(7)49(6)74(116)101-64(39-88)85(127)107-33-19-27-68(107)80(122)95-48(5)73(115)99-61(34-47(3)4)84(126)108-43-54(111)38-70(108)81(123)98-60(36-51-40-92-57-22-16-14-20-55(51)57)77(119)102-65(44-109)78(120)100-63(37-52-41-93-58-23-17-15-21-56(52)58)83(125)106(9)69(26-13-11-2)86(128)105(67)8/h14-17,20-23,28-31,40-41,47-49,54,59-70,92-93,109-111H,10-13,18-19,24-27,32-39,42-46,88H2,1-9H3,(H,94,117)(H,95,122)(H,96,112)(H,97,121)(H,98,123)(H,99,115)(H,100,120)(H,101,116)(H,102,119)(H,103,118)(H,113,114)(H4,89,90,91)/t48-,49-,54+,59-,60-,61-,62-,63-,64-,65-,66-,67-,68-,69-,70-/m0/s1. The van der Waals surface area contributed by atoms with Gasteiger partial charge in [0.1, 0.15) is 96.9 Å². The monoisotopic (exact) mass is 1820 g/mol. The van der Waals surface area contributed by atoms with Crippen LogP contribution in [0.4, 0.5) is 0 Å². The molecule has 0 bridgehead atoms. The second-order valence-electron chi connectivity index (χ2n) is 33.4. The highest BCUT2D eigenvalue weighted by molar-refractivity contribution is 8.00. The average molecular weight is 1820 g/mol. The summed E-state index contributed by atoms with van der Waals surface area (Å²) in [6.45, 7) is 6.90. The number of amides is 15. The summed E-state index contributed by atoms with van der Waals surface area (Å²) in [6.07, 6.45) is 2.54. The molecular formula is C87H125N21O20S. The van der Waals surface area contributed by atoms with Gasteiger partial charge in [0.15, 0.2) is 5.96 Å². The van der Waals surface area contributed by atoms with Crippen LogP contribution in [0.1, 0.15) is 135 Å². The van der Waals surface area contributed by atoms with Crippen molar-refractivity contribution in [2.45, 2.75) is 229 Å². The molecule has 0 saturated carbocycles. The Morgan fingerprint density at radius 2 is 1.10 bits per heavy atom. The number of nitrogens with zero attached hydrogens (tertiary/aromatic N) is 5. The number of carboxylic acid groups (broad SMARTS) is 1. The topological polar surface area (TPSA) is 610 Å². The number of para-hydroxylation sites is 2. The number of aromatic amines is 2. The number of phenols is 1. The van der Waals surface area contributed by atoms with Crippen LogP contribution in [0.2, 0.25) is 0 Å². The molecule has 0 spiro atoms. The van der Waals surface area contributed by atoms with Crippen LogP contribution < -0.4 is 70.0 Å². The molecule has 5 heterocycles. The van der Waals surface area contributed by atoms with Gasteiger partial charge in [-0.1, -0.05) is 102 Å². The Morgan fingerprint density at radius 1 is 0.566 bits per heavy atom. The van der Waals surface area contributed by atoms with E-state index in [1.807, 2.05) is 13.8 Å². The van der Waals surface area contributed by atoms with Crippen molar-refractivity contribution >= 4 is 134 Å². The SMILES string of the molecule is CCCC[C@H]1C(=O)N(C)[C@@H](CCCC)C(=O)N[C@@H](CCCNC(=N)N)C(=O)N[C@H](C(=O)NCC(=O)O)CSCC(=O)N[C@@H](Cc2ccc(O)cc2)C(=O)N(C)[C@@H](C)C(=O)N[C@@H](CN)C(=O)N2CCC[C@H]2C(=O)N[C@@H](C)C(=O)N[C@@H](CC(C)C)C(=O)N2C[C@H](O)C[C@H]2C(=O)N[C@@H](Cc2c[nH]c3ccccc23)C(=O)N[C@@H](CO)C(=O)N[C@@H](Cc2c[nH]c3ccccc23)C(=O)N1C. The van der Waals surface area contributed by atoms with Crippen molar-refractivity contribution in [3.8, 4) is 5.75 Å². The van der Waals surface area contributed by atoms with E-state index >= 15 is 33.6 Å². The Kier molecular flexibility index (Phi) is 38.5. The van der Waals surface area contributed by atoms with Crippen LogP contribution in [-0.2, 0) is 96.0 Å². The number of carbonyl (C=O) groups excluding carboxylic acids is 15. The molecule has 0 radical (unpaired) electrons. The second-order valence-corrected chi connectivity index (χ2v) is 34.4. The Hall–Kier alpha value is -12.4. The number of likely N-dealkylation sites (N-methyl/N-ethyl adjacent to an activating group) is 3. The molecule has 3 saturated heterocycles. The normalized spacial score (nSPS) is 25.4. The summed E-state index contributed by atoms with van der Waals surface area (Å²) in [5.41, 5.74) is 14.5. The zero-order chi connectivity index (χ0) is 94.6. The van der Waals surface area contributed by atoms with E-state index in [0.29, 0.717) is 64.2 Å². The molecule has 41 nitrogen and oxygen atoms in total. The highest BCUT2D eigenvalue weighted by Gasteiger charge is 2.46. The smallest absolute Gasteiger partial charge is 0.322 e. The van der Waals surface area contributed by atoms with Crippen molar-refractivity contribution in [1.29, 1.82) is 5.41 Å². The van der Waals surface area contributed by atoms with Gasteiger partial charge in [0.05, 0.1) is 18.5 Å². The first kappa shape index (κ1) is 102. The lowest BCUT2D eigenvalue weighted by Gasteiger charge is -2.36. The third-order valence-corrected chi connectivity index (χ3v) is 24.3. The van der Waals surface area contributed by atoms with E-state index in [4.69, 9.17) is 16.9 Å². The van der Waals surface area contributed by atoms with Gasteiger partial charge in [0, 0.05) is 113 Å². The molecule has 3 aromatic carbocycles. The number of nitrogens with two attached hydrogens (primary N) is 2. The molecule has 2 aromatic heterocycles. The number of carboxylic acids is 1. The number of aromatic nitrogens is 2. The molecule has 3 fully saturated rings. The van der Waals surface area contributed by atoms with E-state index < -0.39 is 229 Å². The predicted molar refractivity (Wildman–Crippen MR) is 477 cm³/mol. The number of benzene rings is 3. The predicted octanol–water partition coefficient (Wildman–Crippen LogP) is -2.19. The lowest BCUT2D eigenvalue weighted by Crippen LogP contribution is -2.61. The summed E-state index contributed by atoms with van der Waals surface area (Å²) in [6, 6.07) is -1.19. The fourth-order valence-electron chi connectivity index (χ4n) is 15.9. The van der Waals surface area contributed by atoms with Gasteiger partial charge >= 0.3 is 5.97 Å². The van der Waals surface area contributed by atoms with E-state index in [2.05, 4.69) is 68.5 Å². The number of H-pyrrole nitrogens is 2. The lowest BCUT2D eigenvalue weighted by molar-refractivity contribution is -0.149. The van der Waals surface area contributed by atoms with Crippen LogP contribution >= 0.6 is 11.8 Å². The van der Waals surface area contributed by atoms with Gasteiger partial charge in [-0.2, -0.15) is 0 Å². The van der Waals surface area contributed by atoms with Gasteiger partial charge in [-0.05, 0) is 106 Å². The minimum atomic E-state index is -1.87. The van der Waals surface area contributed by atoms with Crippen molar-refractivity contribution in [2.24, 2.45) is 17.4 Å². The number of hydrogen-bond acceptors (Lipinski definition) is 22. The average Bonchev–Trinajstić information content (AvgIpc) is 1.78. The van der Waals surface area contributed by atoms with Crippen LogP contribution in [0, 0.1) is 11.3 Å². The van der Waals surface area contributed by atoms with E-state index in [0.717, 1.165) is 31.4 Å². The van der Waals surface area contributed by atoms with E-state index in [-0.39, 0.29) is 95.4 Å². The molecule has 42 heteroatoms. The van der Waals surface area contributed by atoms with E-state index in [1.165, 1.54) is 64.2 Å². The Labute approximate surface area is 751 Å². The number of thioether (sulfide) groups is 1. The first-order valence-electron chi connectivity index (χ1n) is 43.5. The summed E-state index contributed by atoms with van der Waals surface area (Å²) < 4.78 is 0. The van der Waals surface area contributed by atoms with Crippen LogP contribution in [0.3, 0.4) is 0 Å². The maximum atomic E-state index is 15.7. The molecule has 22 N–H and O–H groups in total. The Morgan fingerprint density at radius 3 is 1.71 bits per heavy atom. The highest BCUT2D eigenvalue weighted by Crippen LogP contribution is 2.28. The number of aromatic hydroxyl groups is 1. The summed E-state index contributed by atoms with van der Waals surface area (Å²) in [5.74, 6) is -16.8. The number of nitrogens with one attached hydrogen (secondary N) is 14. The molecule has 15 atom stereocenters. The Balaban J connectivity index is 1.17. The minimum absolute atomic E-state index is 0.00200. The number of guanidine groups is 1. The fourth-order valence-corrected chi connectivity index (χ4v) is 16.8. The third kappa shape index (κ3) is 28.3. The number of phenolic OH excluding ortho intramolecular Hbond substituents is 1. The maximum absolute atomic E-state index is 15.7. The first-order valence-corrected chi connectivity index (χ1v) is 44.7. The number of aliphatic hydroxyl groups is 2. The number of aliphatic hydroxyl groups excluding tert-OH is 2. The summed E-state index contributed by atoms with van der Waals surface area (Å²) in [7, 11) is 3.94. The minimum Gasteiger partial charge on any atom is -0.508 e. The number of rotatable bonds is 23. The molecule has 0 unspecified atom stereocenters. The summed E-state index contributed by atoms with van der Waals surface area (Å²) in [4.78, 5) is 246. The van der Waals surface area contributed by atoms with Crippen LogP contribution in [-0.4, -0.2) is 318 Å². The zero-order valence-electron chi connectivity index (χ0n) is 74.2. The highest BCUT2D eigenvalue weighted by atomic mass is 32.2. The largest absolute Gasteiger partial charge is 0.508 e. The molecule has 0 aliphatic carbocycles. The number of fused-ring (bicyclic) bond motifs is 4. The quantitative estimate of drug-likeness (QED) is 0.0188. The van der Waals surface area contributed by atoms with Gasteiger partial charge in [-0.25, -0.2) is 0 Å². The van der Waals surface area contributed by atoms with Gasteiger partial charge < -0.3 is 125 Å². The maximum Gasteiger partial charge on any atom is 0.322 e. The molecule has 3 aliphatic rings. The molecule has 704 valence electrons. The summed E-state index contributed by atoms with van der Waals surface area (Å²) in [5, 5.41) is 80.2. The number of aliphatic carboxylic acids is 1. The van der Waals surface area contributed by atoms with E-state index in [1.54, 1.807) is 74.8 Å². The van der Waals surface area contributed by atoms with Crippen molar-refractivity contribution < 1.29 is 97.1 Å². The molecular weight excluding hydrogens is 1690 g/mol. The van der Waals surface area contributed by atoms with Gasteiger partial charge in [-0.3, -0.25) is 82.1 Å². The first-order chi connectivity index (χ1) is 61.4. The van der Waals surface area contributed by atoms with Crippen molar-refractivity contribution in [1.82, 2.24) is 93.0 Å². The third-order valence-electron chi connectivity index (χ3n) is 23.3. The number of unbranched alkanes of at least 4 members (excludes halogenated alkanes) is 2. The summed E-state index contributed by atoms with van der Waals surface area (Å²) >= 11 is 0.755. The molecule has 15 amide bonds. The zero-order valence-corrected chi connectivity index (χ0v) is 75.0. The number of carbonyl (C=O) groups is 16. The van der Waals surface area contributed by atoms with Crippen LogP contribution in [0.5, 0.6) is 5.75 Å². The van der Waals surface area contributed by atoms with Crippen molar-refractivity contribution in [2.75, 3.05) is 72.0 Å². The Bertz CT molecular complexity index is 4820. The van der Waals surface area contributed by atoms with Crippen molar-refractivity contribution in [3.63, 3.8) is 0 Å². The van der Waals surface area contributed by atoms with Gasteiger partial charge in [0.25, 0.3) is 0 Å². The van der Waals surface area contributed by atoms with Crippen molar-refractivity contribution in [3.05, 3.63) is 102 Å². The molecule has 3 aliphatic heterocycles.